The van der Waals surface area contributed by atoms with Crippen molar-refractivity contribution in [2.45, 2.75) is 10.1 Å². The first-order valence-corrected chi connectivity index (χ1v) is 10.3. The van der Waals surface area contributed by atoms with Gasteiger partial charge >= 0.3 is 11.8 Å². The van der Waals surface area contributed by atoms with Crippen LogP contribution in [-0.4, -0.2) is 59.1 Å². The van der Waals surface area contributed by atoms with E-state index in [4.69, 9.17) is 9.47 Å². The van der Waals surface area contributed by atoms with E-state index in [0.717, 1.165) is 0 Å². The second-order valence-electron chi connectivity index (χ2n) is 5.95. The lowest BCUT2D eigenvalue weighted by Crippen LogP contribution is -2.43. The van der Waals surface area contributed by atoms with Gasteiger partial charge in [0.25, 0.3) is 0 Å². The summed E-state index contributed by atoms with van der Waals surface area (Å²) in [5, 5.41) is 3.64. The summed E-state index contributed by atoms with van der Waals surface area (Å²) in [4.78, 5) is 27.9. The van der Waals surface area contributed by atoms with E-state index in [0.29, 0.717) is 11.3 Å². The zero-order valence-electron chi connectivity index (χ0n) is 16.1. The van der Waals surface area contributed by atoms with Crippen molar-refractivity contribution < 1.29 is 27.5 Å². The quantitative estimate of drug-likeness (QED) is 0.446. The number of carbonyl (C=O) groups excluding carboxylic acids is 2. The highest BCUT2D eigenvalue weighted by molar-refractivity contribution is 7.91. The third kappa shape index (κ3) is 6.00. The molecule has 1 heterocycles. The number of methoxy groups -OCH3 is 2. The van der Waals surface area contributed by atoms with Crippen LogP contribution < -0.4 is 15.4 Å². The Kier molecular flexibility index (Phi) is 8.10. The predicted octanol–water partition coefficient (Wildman–Crippen LogP) is 0.484. The van der Waals surface area contributed by atoms with Gasteiger partial charge in [-0.05, 0) is 35.9 Å². The molecule has 2 N–H and O–H groups in total. The van der Waals surface area contributed by atoms with Crippen molar-refractivity contribution in [1.82, 2.24) is 15.6 Å². The molecule has 0 spiro atoms. The van der Waals surface area contributed by atoms with Crippen LogP contribution in [0.5, 0.6) is 5.75 Å². The normalized spacial score (nSPS) is 12.1. The highest BCUT2D eigenvalue weighted by Crippen LogP contribution is 2.29. The van der Waals surface area contributed by atoms with Gasteiger partial charge in [-0.1, -0.05) is 6.07 Å². The topological polar surface area (TPSA) is 124 Å². The summed E-state index contributed by atoms with van der Waals surface area (Å²) < 4.78 is 36.2. The molecule has 0 aliphatic carbocycles. The Labute approximate surface area is 169 Å². The molecule has 2 aromatic rings. The van der Waals surface area contributed by atoms with Gasteiger partial charge < -0.3 is 20.1 Å². The molecule has 0 bridgehead atoms. The largest absolute Gasteiger partial charge is 0.497 e. The number of hydrogen-bond acceptors (Lipinski definition) is 7. The molecule has 156 valence electrons. The Morgan fingerprint density at radius 2 is 1.76 bits per heavy atom. The molecule has 0 saturated heterocycles. The van der Waals surface area contributed by atoms with Crippen molar-refractivity contribution >= 4 is 21.7 Å². The summed E-state index contributed by atoms with van der Waals surface area (Å²) >= 11 is 0. The molecular formula is C19H23N3O6S. The molecule has 10 heteroatoms. The Morgan fingerprint density at radius 1 is 1.07 bits per heavy atom. The third-order valence-electron chi connectivity index (χ3n) is 4.06. The minimum atomic E-state index is -3.88. The lowest BCUT2D eigenvalue weighted by atomic mass is 10.2. The summed E-state index contributed by atoms with van der Waals surface area (Å²) in [6.45, 7) is 0.124. The number of ether oxygens (including phenoxy) is 2. The maximum Gasteiger partial charge on any atom is 0.309 e. The van der Waals surface area contributed by atoms with Crippen LogP contribution in [0, 0.1) is 0 Å². The van der Waals surface area contributed by atoms with Crippen LogP contribution in [0.25, 0.3) is 0 Å². The molecule has 0 aliphatic heterocycles. The molecule has 2 rings (SSSR count). The fraction of sp³-hybridized carbons (Fsp3) is 0.316. The van der Waals surface area contributed by atoms with Crippen LogP contribution in [0.1, 0.15) is 10.8 Å². The molecule has 0 saturated carbocycles. The number of pyridine rings is 1. The van der Waals surface area contributed by atoms with Gasteiger partial charge in [0.1, 0.15) is 11.0 Å². The average molecular weight is 421 g/mol. The number of carbonyl (C=O) groups is 2. The molecule has 1 atom stereocenters. The second-order valence-corrected chi connectivity index (χ2v) is 8.08. The molecule has 1 aromatic carbocycles. The SMILES string of the molecule is COCCNC(=O)C(=O)NC[C@@H](c1cccnc1)S(=O)(=O)c1ccc(OC)cc1. The number of nitrogens with one attached hydrogen (secondary N) is 2. The Hall–Kier alpha value is -2.98. The fourth-order valence-corrected chi connectivity index (χ4v) is 4.16. The summed E-state index contributed by atoms with van der Waals surface area (Å²) in [6, 6.07) is 9.13. The van der Waals surface area contributed by atoms with Crippen LogP contribution in [0.4, 0.5) is 0 Å². The van der Waals surface area contributed by atoms with E-state index in [9.17, 15) is 18.0 Å². The van der Waals surface area contributed by atoms with Crippen LogP contribution >= 0.6 is 0 Å². The molecule has 0 unspecified atom stereocenters. The smallest absolute Gasteiger partial charge is 0.309 e. The van der Waals surface area contributed by atoms with E-state index in [1.54, 1.807) is 12.1 Å². The standard InChI is InChI=1S/C19H23N3O6S/c1-27-11-10-21-18(23)19(24)22-13-17(14-4-3-9-20-12-14)29(25,26)16-7-5-15(28-2)6-8-16/h3-9,12,17H,10-11,13H2,1-2H3,(H,21,23)(H,22,24)/t17-/m0/s1. The van der Waals surface area contributed by atoms with Crippen LogP contribution in [0.15, 0.2) is 53.7 Å². The highest BCUT2D eigenvalue weighted by Gasteiger charge is 2.30. The Bertz CT molecular complexity index is 917. The summed E-state index contributed by atoms with van der Waals surface area (Å²) in [5.74, 6) is -1.28. The van der Waals surface area contributed by atoms with Crippen molar-refractivity contribution in [3.8, 4) is 5.75 Å². The van der Waals surface area contributed by atoms with Crippen molar-refractivity contribution in [3.05, 3.63) is 54.4 Å². The van der Waals surface area contributed by atoms with E-state index >= 15 is 0 Å². The maximum absolute atomic E-state index is 13.2. The maximum atomic E-state index is 13.2. The average Bonchev–Trinajstić information content (AvgIpc) is 2.74. The lowest BCUT2D eigenvalue weighted by Gasteiger charge is -2.19. The van der Waals surface area contributed by atoms with E-state index in [2.05, 4.69) is 15.6 Å². The number of rotatable bonds is 9. The van der Waals surface area contributed by atoms with Crippen LogP contribution in [0.2, 0.25) is 0 Å². The van der Waals surface area contributed by atoms with Crippen LogP contribution in [0.3, 0.4) is 0 Å². The number of aromatic nitrogens is 1. The van der Waals surface area contributed by atoms with E-state index < -0.39 is 26.9 Å². The molecule has 29 heavy (non-hydrogen) atoms. The van der Waals surface area contributed by atoms with Crippen molar-refractivity contribution in [1.29, 1.82) is 0 Å². The summed E-state index contributed by atoms with van der Waals surface area (Å²) in [7, 11) is -0.935. The molecule has 0 aliphatic rings. The number of amides is 2. The van der Waals surface area contributed by atoms with Gasteiger partial charge in [-0.3, -0.25) is 14.6 Å². The van der Waals surface area contributed by atoms with E-state index in [-0.39, 0.29) is 24.6 Å². The zero-order chi connectivity index (χ0) is 21.3. The van der Waals surface area contributed by atoms with Gasteiger partial charge in [-0.25, -0.2) is 8.42 Å². The molecule has 9 nitrogen and oxygen atoms in total. The predicted molar refractivity (Wildman–Crippen MR) is 105 cm³/mol. The molecule has 2 amide bonds. The summed E-state index contributed by atoms with van der Waals surface area (Å²) in [5.41, 5.74) is 0.392. The summed E-state index contributed by atoms with van der Waals surface area (Å²) in [6.07, 6.45) is 2.93. The Morgan fingerprint density at radius 3 is 2.34 bits per heavy atom. The highest BCUT2D eigenvalue weighted by atomic mass is 32.2. The van der Waals surface area contributed by atoms with Gasteiger partial charge in [0.2, 0.25) is 0 Å². The first-order chi connectivity index (χ1) is 13.9. The Balaban J connectivity index is 2.21. The van der Waals surface area contributed by atoms with Gasteiger partial charge in [0, 0.05) is 32.6 Å². The number of benzene rings is 1. The number of nitrogens with zero attached hydrogens (tertiary/aromatic N) is 1. The van der Waals surface area contributed by atoms with E-state index in [1.807, 2.05) is 0 Å². The van der Waals surface area contributed by atoms with Gasteiger partial charge in [-0.2, -0.15) is 0 Å². The molecule has 0 radical (unpaired) electrons. The minimum Gasteiger partial charge on any atom is -0.497 e. The van der Waals surface area contributed by atoms with Crippen LogP contribution in [-0.2, 0) is 24.2 Å². The van der Waals surface area contributed by atoms with Gasteiger partial charge in [0.05, 0.1) is 18.6 Å². The number of hydrogen-bond donors (Lipinski definition) is 2. The molecule has 1 aromatic heterocycles. The second kappa shape index (κ2) is 10.5. The lowest BCUT2D eigenvalue weighted by molar-refractivity contribution is -0.139. The van der Waals surface area contributed by atoms with Crippen molar-refractivity contribution in [2.24, 2.45) is 0 Å². The molecule has 0 fully saturated rings. The minimum absolute atomic E-state index is 0.0611. The zero-order valence-corrected chi connectivity index (χ0v) is 16.9. The third-order valence-corrected chi connectivity index (χ3v) is 6.18. The number of sulfone groups is 1. The van der Waals surface area contributed by atoms with Crippen molar-refractivity contribution in [3.63, 3.8) is 0 Å². The van der Waals surface area contributed by atoms with E-state index in [1.165, 1.54) is 50.9 Å². The van der Waals surface area contributed by atoms with Gasteiger partial charge in [-0.15, -0.1) is 0 Å². The van der Waals surface area contributed by atoms with Gasteiger partial charge in [0.15, 0.2) is 9.84 Å². The molecular weight excluding hydrogens is 398 g/mol. The monoisotopic (exact) mass is 421 g/mol. The first-order valence-electron chi connectivity index (χ1n) is 8.73. The van der Waals surface area contributed by atoms with Crippen molar-refractivity contribution in [2.75, 3.05) is 33.9 Å². The first kappa shape index (κ1) is 22.3. The fourth-order valence-electron chi connectivity index (χ4n) is 2.52.